The molecule has 0 saturated carbocycles. The van der Waals surface area contributed by atoms with E-state index in [0.717, 1.165) is 10.0 Å². The highest BCUT2D eigenvalue weighted by Crippen LogP contribution is 2.36. The first-order valence-corrected chi connectivity index (χ1v) is 6.91. The van der Waals surface area contributed by atoms with E-state index in [1.54, 1.807) is 12.1 Å². The van der Waals surface area contributed by atoms with E-state index in [0.29, 0.717) is 11.5 Å². The molecule has 0 aliphatic carbocycles. The van der Waals surface area contributed by atoms with Gasteiger partial charge in [0, 0.05) is 10.0 Å². The molecule has 2 aromatic rings. The number of carbonyl (C=O) groups excluding carboxylic acids is 1. The summed E-state index contributed by atoms with van der Waals surface area (Å²) in [5, 5.41) is 10.8. The van der Waals surface area contributed by atoms with Gasteiger partial charge in [0.15, 0.2) is 17.3 Å². The second-order valence-corrected chi connectivity index (χ2v) is 5.15. The molecular formula is C12H10BrN5O4. The van der Waals surface area contributed by atoms with Gasteiger partial charge in [-0.3, -0.25) is 4.79 Å². The van der Waals surface area contributed by atoms with Crippen molar-refractivity contribution in [3.05, 3.63) is 27.9 Å². The number of nitrogens with two attached hydrogens (primary N) is 1. The van der Waals surface area contributed by atoms with Crippen LogP contribution in [-0.4, -0.2) is 29.2 Å². The molecule has 0 saturated heterocycles. The Kier molecular flexibility index (Phi) is 3.92. The largest absolute Gasteiger partial charge is 0.454 e. The normalized spacial score (nSPS) is 12.8. The molecule has 3 rings (SSSR count). The molecule has 0 unspecified atom stereocenters. The number of anilines is 1. The lowest BCUT2D eigenvalue weighted by molar-refractivity contribution is -0.120. The van der Waals surface area contributed by atoms with E-state index in [-0.39, 0.29) is 24.7 Å². The number of halogens is 1. The Morgan fingerprint density at radius 1 is 1.41 bits per heavy atom. The number of hydrogen-bond acceptors (Lipinski definition) is 8. The number of ether oxygens (including phenoxy) is 2. The zero-order valence-electron chi connectivity index (χ0n) is 11.1. The predicted molar refractivity (Wildman–Crippen MR) is 78.4 cm³/mol. The maximum Gasteiger partial charge on any atom is 0.246 e. The smallest absolute Gasteiger partial charge is 0.246 e. The maximum atomic E-state index is 11.7. The Hall–Kier alpha value is -2.62. The number of carbonyl (C=O) groups is 1. The first-order chi connectivity index (χ1) is 10.6. The monoisotopic (exact) mass is 367 g/mol. The molecule has 0 spiro atoms. The summed E-state index contributed by atoms with van der Waals surface area (Å²) < 4.78 is 15.7. The Morgan fingerprint density at radius 2 is 2.18 bits per heavy atom. The van der Waals surface area contributed by atoms with E-state index >= 15 is 0 Å². The highest BCUT2D eigenvalue weighted by Gasteiger charge is 2.15. The van der Waals surface area contributed by atoms with Gasteiger partial charge in [-0.15, -0.1) is 0 Å². The van der Waals surface area contributed by atoms with E-state index in [1.807, 2.05) is 0 Å². The molecule has 0 atom stereocenters. The van der Waals surface area contributed by atoms with Gasteiger partial charge < -0.3 is 15.2 Å². The van der Waals surface area contributed by atoms with Gasteiger partial charge in [0.25, 0.3) is 0 Å². The molecule has 9 nitrogen and oxygen atoms in total. The van der Waals surface area contributed by atoms with Crippen molar-refractivity contribution in [2.45, 2.75) is 6.42 Å². The molecule has 114 valence electrons. The molecule has 0 bridgehead atoms. The van der Waals surface area contributed by atoms with Crippen LogP contribution < -0.4 is 20.6 Å². The van der Waals surface area contributed by atoms with Gasteiger partial charge in [0.05, 0.1) is 12.6 Å². The lowest BCUT2D eigenvalue weighted by Gasteiger charge is -2.01. The van der Waals surface area contributed by atoms with Crippen LogP contribution in [0.1, 0.15) is 11.3 Å². The number of aromatic nitrogens is 2. The van der Waals surface area contributed by atoms with E-state index in [4.69, 9.17) is 15.2 Å². The number of rotatable bonds is 4. The second kappa shape index (κ2) is 6.02. The van der Waals surface area contributed by atoms with E-state index in [2.05, 4.69) is 41.4 Å². The summed E-state index contributed by atoms with van der Waals surface area (Å²) in [4.78, 5) is 11.7. The lowest BCUT2D eigenvalue weighted by Crippen LogP contribution is -2.20. The third-order valence-electron chi connectivity index (χ3n) is 2.80. The van der Waals surface area contributed by atoms with Crippen molar-refractivity contribution in [3.8, 4) is 11.5 Å². The highest BCUT2D eigenvalue weighted by molar-refractivity contribution is 9.10. The molecule has 1 aliphatic rings. The SMILES string of the molecule is Nc1nonc1CC(=O)N/N=C/c1cc2c(cc1Br)OCO2. The minimum absolute atomic E-state index is 0.0744. The van der Waals surface area contributed by atoms with Crippen LogP contribution in [-0.2, 0) is 11.2 Å². The van der Waals surface area contributed by atoms with Gasteiger partial charge in [-0.05, 0) is 33.2 Å². The third kappa shape index (κ3) is 3.01. The molecule has 0 radical (unpaired) electrons. The molecule has 1 aromatic carbocycles. The third-order valence-corrected chi connectivity index (χ3v) is 3.49. The lowest BCUT2D eigenvalue weighted by atomic mass is 10.2. The average molecular weight is 368 g/mol. The summed E-state index contributed by atoms with van der Waals surface area (Å²) in [5.41, 5.74) is 8.82. The molecule has 1 aromatic heterocycles. The van der Waals surface area contributed by atoms with Crippen molar-refractivity contribution in [3.63, 3.8) is 0 Å². The van der Waals surface area contributed by atoms with Crippen LogP contribution in [0.2, 0.25) is 0 Å². The standard InChI is InChI=1S/C12H10BrN5O4/c13-7-2-10-9(20-5-21-10)1-6(7)4-15-16-11(19)3-8-12(14)18-22-17-8/h1-2,4H,3,5H2,(H2,14,18)(H,16,19)/b15-4+. The van der Waals surface area contributed by atoms with Crippen LogP contribution >= 0.6 is 15.9 Å². The van der Waals surface area contributed by atoms with Crippen LogP contribution in [0.25, 0.3) is 0 Å². The number of hydrazone groups is 1. The fraction of sp³-hybridized carbons (Fsp3) is 0.167. The first kappa shape index (κ1) is 14.3. The van der Waals surface area contributed by atoms with Crippen molar-refractivity contribution >= 4 is 33.9 Å². The second-order valence-electron chi connectivity index (χ2n) is 4.29. The molecule has 1 amide bonds. The molecule has 22 heavy (non-hydrogen) atoms. The Morgan fingerprint density at radius 3 is 2.91 bits per heavy atom. The number of benzene rings is 1. The fourth-order valence-electron chi connectivity index (χ4n) is 1.73. The van der Waals surface area contributed by atoms with E-state index < -0.39 is 5.91 Å². The van der Waals surface area contributed by atoms with Crippen molar-refractivity contribution in [1.82, 2.24) is 15.7 Å². The van der Waals surface area contributed by atoms with Gasteiger partial charge in [-0.25, -0.2) is 10.1 Å². The van der Waals surface area contributed by atoms with Crippen LogP contribution in [0.5, 0.6) is 11.5 Å². The van der Waals surface area contributed by atoms with Crippen LogP contribution in [0, 0.1) is 0 Å². The minimum atomic E-state index is -0.393. The summed E-state index contributed by atoms with van der Waals surface area (Å²) in [6, 6.07) is 3.52. The maximum absolute atomic E-state index is 11.7. The van der Waals surface area contributed by atoms with Crippen LogP contribution in [0.3, 0.4) is 0 Å². The Labute approximate surface area is 132 Å². The summed E-state index contributed by atoms with van der Waals surface area (Å²) in [6.45, 7) is 0.187. The molecule has 1 aliphatic heterocycles. The number of nitrogens with zero attached hydrogens (tertiary/aromatic N) is 3. The van der Waals surface area contributed by atoms with Gasteiger partial charge in [-0.2, -0.15) is 5.10 Å². The molecule has 0 fully saturated rings. The van der Waals surface area contributed by atoms with E-state index in [1.165, 1.54) is 6.21 Å². The summed E-state index contributed by atoms with van der Waals surface area (Å²) in [6.07, 6.45) is 1.41. The van der Waals surface area contributed by atoms with Crippen molar-refractivity contribution in [1.29, 1.82) is 0 Å². The topological polar surface area (TPSA) is 125 Å². The summed E-state index contributed by atoms with van der Waals surface area (Å²) in [7, 11) is 0. The summed E-state index contributed by atoms with van der Waals surface area (Å²) in [5.74, 6) is 0.965. The quantitative estimate of drug-likeness (QED) is 0.605. The van der Waals surface area contributed by atoms with Crippen molar-refractivity contribution < 1.29 is 18.9 Å². The minimum Gasteiger partial charge on any atom is -0.454 e. The van der Waals surface area contributed by atoms with Gasteiger partial charge in [0.1, 0.15) is 5.69 Å². The van der Waals surface area contributed by atoms with Crippen LogP contribution in [0.15, 0.2) is 26.3 Å². The molecule has 2 heterocycles. The fourth-order valence-corrected chi connectivity index (χ4v) is 2.16. The Balaban J connectivity index is 1.63. The van der Waals surface area contributed by atoms with Crippen LogP contribution in [0.4, 0.5) is 5.82 Å². The molecule has 3 N–H and O–H groups in total. The number of nitrogens with one attached hydrogen (secondary N) is 1. The average Bonchev–Trinajstić information content (AvgIpc) is 3.08. The predicted octanol–water partition coefficient (Wildman–Crippen LogP) is 0.836. The number of hydrogen-bond donors (Lipinski definition) is 2. The van der Waals surface area contributed by atoms with E-state index in [9.17, 15) is 4.79 Å². The Bertz CT molecular complexity index is 745. The number of fused-ring (bicyclic) bond motifs is 1. The first-order valence-electron chi connectivity index (χ1n) is 6.11. The van der Waals surface area contributed by atoms with Crippen molar-refractivity contribution in [2.24, 2.45) is 5.10 Å². The zero-order valence-corrected chi connectivity index (χ0v) is 12.7. The van der Waals surface area contributed by atoms with Gasteiger partial charge in [0.2, 0.25) is 12.7 Å². The molecular weight excluding hydrogens is 358 g/mol. The summed E-state index contributed by atoms with van der Waals surface area (Å²) >= 11 is 3.39. The number of amides is 1. The van der Waals surface area contributed by atoms with Crippen molar-refractivity contribution in [2.75, 3.05) is 12.5 Å². The number of nitrogen functional groups attached to an aromatic ring is 1. The van der Waals surface area contributed by atoms with Gasteiger partial charge >= 0.3 is 0 Å². The highest BCUT2D eigenvalue weighted by atomic mass is 79.9. The molecule has 10 heteroatoms. The zero-order chi connectivity index (χ0) is 15.5. The van der Waals surface area contributed by atoms with Gasteiger partial charge in [-0.1, -0.05) is 5.16 Å².